The van der Waals surface area contributed by atoms with Crippen molar-refractivity contribution in [2.45, 2.75) is 13.3 Å². The van der Waals surface area contributed by atoms with Crippen molar-refractivity contribution in [3.8, 4) is 11.3 Å². The second-order valence-electron chi connectivity index (χ2n) is 5.79. The molecule has 7 heteroatoms. The van der Waals surface area contributed by atoms with Crippen molar-refractivity contribution in [1.29, 1.82) is 0 Å². The molecule has 0 saturated carbocycles. The number of aliphatic hydroxyl groups excluding tert-OH is 1. The zero-order chi connectivity index (χ0) is 18.4. The molecule has 0 spiro atoms. The van der Waals surface area contributed by atoms with Gasteiger partial charge < -0.3 is 15.7 Å². The SMILES string of the molecule is Cc1cc(Br)ccc1Nc1cc(-c2ccncc2)nc(NCCCO)n1. The third kappa shape index (κ3) is 4.77. The molecule has 0 aliphatic heterocycles. The summed E-state index contributed by atoms with van der Waals surface area (Å²) in [7, 11) is 0. The molecule has 2 aromatic heterocycles. The smallest absolute Gasteiger partial charge is 0.225 e. The van der Waals surface area contributed by atoms with E-state index in [0.29, 0.717) is 24.7 Å². The van der Waals surface area contributed by atoms with Crippen molar-refractivity contribution in [3.05, 3.63) is 58.8 Å². The Morgan fingerprint density at radius 2 is 1.88 bits per heavy atom. The largest absolute Gasteiger partial charge is 0.396 e. The molecule has 0 fully saturated rings. The maximum atomic E-state index is 8.98. The summed E-state index contributed by atoms with van der Waals surface area (Å²) in [6, 6.07) is 11.8. The molecule has 0 saturated heterocycles. The Morgan fingerprint density at radius 1 is 1.08 bits per heavy atom. The van der Waals surface area contributed by atoms with Crippen LogP contribution in [0, 0.1) is 6.92 Å². The highest BCUT2D eigenvalue weighted by Gasteiger charge is 2.08. The van der Waals surface area contributed by atoms with E-state index in [1.165, 1.54) is 0 Å². The van der Waals surface area contributed by atoms with E-state index >= 15 is 0 Å². The first-order valence-electron chi connectivity index (χ1n) is 8.33. The number of hydrogen-bond acceptors (Lipinski definition) is 6. The van der Waals surface area contributed by atoms with Gasteiger partial charge in [-0.25, -0.2) is 4.98 Å². The van der Waals surface area contributed by atoms with Gasteiger partial charge in [-0.3, -0.25) is 4.98 Å². The van der Waals surface area contributed by atoms with Gasteiger partial charge in [0.15, 0.2) is 0 Å². The van der Waals surface area contributed by atoms with Crippen LogP contribution in [0.1, 0.15) is 12.0 Å². The number of benzene rings is 1. The summed E-state index contributed by atoms with van der Waals surface area (Å²) in [5.74, 6) is 1.22. The fourth-order valence-electron chi connectivity index (χ4n) is 2.45. The van der Waals surface area contributed by atoms with Gasteiger partial charge >= 0.3 is 0 Å². The first-order valence-corrected chi connectivity index (χ1v) is 9.12. The lowest BCUT2D eigenvalue weighted by Crippen LogP contribution is -2.09. The lowest BCUT2D eigenvalue weighted by molar-refractivity contribution is 0.292. The van der Waals surface area contributed by atoms with Crippen molar-refractivity contribution in [3.63, 3.8) is 0 Å². The minimum Gasteiger partial charge on any atom is -0.396 e. The maximum absolute atomic E-state index is 8.98. The first kappa shape index (κ1) is 18.3. The number of rotatable bonds is 7. The third-order valence-corrected chi connectivity index (χ3v) is 4.26. The summed E-state index contributed by atoms with van der Waals surface area (Å²) in [6.07, 6.45) is 4.11. The highest BCUT2D eigenvalue weighted by Crippen LogP contribution is 2.26. The van der Waals surface area contributed by atoms with Crippen molar-refractivity contribution in [2.75, 3.05) is 23.8 Å². The summed E-state index contributed by atoms with van der Waals surface area (Å²) in [5.41, 5.74) is 3.85. The van der Waals surface area contributed by atoms with Crippen LogP contribution in [0.25, 0.3) is 11.3 Å². The molecule has 0 amide bonds. The van der Waals surface area contributed by atoms with Crippen LogP contribution in [-0.4, -0.2) is 33.2 Å². The summed E-state index contributed by atoms with van der Waals surface area (Å²) in [5, 5.41) is 15.5. The van der Waals surface area contributed by atoms with Gasteiger partial charge in [-0.05, 0) is 49.2 Å². The molecule has 0 radical (unpaired) electrons. The second-order valence-corrected chi connectivity index (χ2v) is 6.70. The predicted octanol–water partition coefficient (Wildman–Crippen LogP) is 4.15. The topological polar surface area (TPSA) is 83.0 Å². The van der Waals surface area contributed by atoms with Crippen LogP contribution in [0.3, 0.4) is 0 Å². The Labute approximate surface area is 160 Å². The number of hydrogen-bond donors (Lipinski definition) is 3. The Morgan fingerprint density at radius 3 is 2.62 bits per heavy atom. The van der Waals surface area contributed by atoms with E-state index in [1.807, 2.05) is 43.3 Å². The highest BCUT2D eigenvalue weighted by atomic mass is 79.9. The van der Waals surface area contributed by atoms with Gasteiger partial charge in [0.05, 0.1) is 5.69 Å². The first-order chi connectivity index (χ1) is 12.7. The predicted molar refractivity (Wildman–Crippen MR) is 108 cm³/mol. The van der Waals surface area contributed by atoms with E-state index in [9.17, 15) is 0 Å². The molecular formula is C19H20BrN5O. The van der Waals surface area contributed by atoms with Gasteiger partial charge in [0.2, 0.25) is 5.95 Å². The van der Waals surface area contributed by atoms with Crippen LogP contribution in [0.5, 0.6) is 0 Å². The maximum Gasteiger partial charge on any atom is 0.225 e. The molecule has 6 nitrogen and oxygen atoms in total. The van der Waals surface area contributed by atoms with E-state index in [-0.39, 0.29) is 6.61 Å². The van der Waals surface area contributed by atoms with E-state index in [4.69, 9.17) is 5.11 Å². The molecule has 0 atom stereocenters. The van der Waals surface area contributed by atoms with Crippen LogP contribution in [0.4, 0.5) is 17.5 Å². The number of aryl methyl sites for hydroxylation is 1. The molecule has 134 valence electrons. The molecular weight excluding hydrogens is 394 g/mol. The van der Waals surface area contributed by atoms with Gasteiger partial charge in [0, 0.05) is 47.3 Å². The van der Waals surface area contributed by atoms with Gasteiger partial charge in [-0.2, -0.15) is 4.98 Å². The standard InChI is InChI=1S/C19H20BrN5O/c1-13-11-15(20)3-4-16(13)23-18-12-17(14-5-8-21-9-6-14)24-19(25-18)22-7-2-10-26/h3-6,8-9,11-12,26H,2,7,10H2,1H3,(H2,22,23,24,25). The zero-order valence-corrected chi connectivity index (χ0v) is 16.0. The van der Waals surface area contributed by atoms with E-state index in [1.54, 1.807) is 12.4 Å². The van der Waals surface area contributed by atoms with E-state index < -0.39 is 0 Å². The van der Waals surface area contributed by atoms with E-state index in [2.05, 4.69) is 41.5 Å². The Kier molecular flexibility index (Phi) is 6.14. The van der Waals surface area contributed by atoms with E-state index in [0.717, 1.165) is 27.0 Å². The minimum atomic E-state index is 0.125. The molecule has 3 aromatic rings. The van der Waals surface area contributed by atoms with Crippen LogP contribution >= 0.6 is 15.9 Å². The van der Waals surface area contributed by atoms with Gasteiger partial charge in [0.25, 0.3) is 0 Å². The monoisotopic (exact) mass is 413 g/mol. The third-order valence-electron chi connectivity index (χ3n) is 3.77. The van der Waals surface area contributed by atoms with Gasteiger partial charge in [0.1, 0.15) is 5.82 Å². The number of pyridine rings is 1. The zero-order valence-electron chi connectivity index (χ0n) is 14.4. The molecule has 2 heterocycles. The molecule has 0 bridgehead atoms. The number of aliphatic hydroxyl groups is 1. The highest BCUT2D eigenvalue weighted by molar-refractivity contribution is 9.10. The molecule has 3 N–H and O–H groups in total. The number of nitrogens with zero attached hydrogens (tertiary/aromatic N) is 3. The molecule has 26 heavy (non-hydrogen) atoms. The summed E-state index contributed by atoms with van der Waals surface area (Å²) in [6.45, 7) is 2.77. The summed E-state index contributed by atoms with van der Waals surface area (Å²) in [4.78, 5) is 13.2. The summed E-state index contributed by atoms with van der Waals surface area (Å²) < 4.78 is 1.03. The fraction of sp³-hybridized carbons (Fsp3) is 0.211. The minimum absolute atomic E-state index is 0.125. The number of nitrogens with one attached hydrogen (secondary N) is 2. The van der Waals surface area contributed by atoms with Crippen LogP contribution in [-0.2, 0) is 0 Å². The molecule has 0 unspecified atom stereocenters. The number of anilines is 3. The van der Waals surface area contributed by atoms with Gasteiger partial charge in [-0.1, -0.05) is 15.9 Å². The van der Waals surface area contributed by atoms with Crippen LogP contribution < -0.4 is 10.6 Å². The number of halogens is 1. The van der Waals surface area contributed by atoms with Crippen LogP contribution in [0.15, 0.2) is 53.3 Å². The quantitative estimate of drug-likeness (QED) is 0.504. The second kappa shape index (κ2) is 8.73. The van der Waals surface area contributed by atoms with Crippen molar-refractivity contribution >= 4 is 33.4 Å². The lowest BCUT2D eigenvalue weighted by atomic mass is 10.2. The van der Waals surface area contributed by atoms with Crippen molar-refractivity contribution in [1.82, 2.24) is 15.0 Å². The Hall–Kier alpha value is -2.51. The molecule has 0 aliphatic carbocycles. The normalized spacial score (nSPS) is 10.6. The average molecular weight is 414 g/mol. The van der Waals surface area contributed by atoms with Crippen LogP contribution in [0.2, 0.25) is 0 Å². The lowest BCUT2D eigenvalue weighted by Gasteiger charge is -2.13. The summed E-state index contributed by atoms with van der Waals surface area (Å²) >= 11 is 3.48. The Balaban J connectivity index is 1.93. The van der Waals surface area contributed by atoms with Gasteiger partial charge in [-0.15, -0.1) is 0 Å². The molecule has 3 rings (SSSR count). The Bertz CT molecular complexity index is 873. The fourth-order valence-corrected chi connectivity index (χ4v) is 2.92. The number of aromatic nitrogens is 3. The average Bonchev–Trinajstić information content (AvgIpc) is 2.65. The van der Waals surface area contributed by atoms with Crippen molar-refractivity contribution < 1.29 is 5.11 Å². The molecule has 1 aromatic carbocycles. The molecule has 0 aliphatic rings. The van der Waals surface area contributed by atoms with Crippen molar-refractivity contribution in [2.24, 2.45) is 0 Å².